The number of thiocarbonyl (C=S) groups is 1. The van der Waals surface area contributed by atoms with E-state index in [2.05, 4.69) is 26.6 Å². The molecule has 2 aromatic rings. The van der Waals surface area contributed by atoms with E-state index in [1.54, 1.807) is 18.2 Å². The molecule has 10 heteroatoms. The minimum absolute atomic E-state index is 0.0111. The fraction of sp³-hybridized carbons (Fsp3) is 0.222. The van der Waals surface area contributed by atoms with E-state index < -0.39 is 10.8 Å². The summed E-state index contributed by atoms with van der Waals surface area (Å²) in [5.74, 6) is 0.597. The molecule has 0 radical (unpaired) electrons. The summed E-state index contributed by atoms with van der Waals surface area (Å²) in [5.41, 5.74) is 0.578. The molecule has 0 saturated carbocycles. The summed E-state index contributed by atoms with van der Waals surface area (Å²) in [6, 6.07) is 8.85. The Morgan fingerprint density at radius 2 is 2.04 bits per heavy atom. The smallest absolute Gasteiger partial charge is 0.271 e. The Bertz CT molecular complexity index is 924. The molecule has 2 rings (SSSR count). The Morgan fingerprint density at radius 1 is 1.32 bits per heavy atom. The molecule has 148 valence electrons. The lowest BCUT2D eigenvalue weighted by atomic mass is 10.2. The lowest BCUT2D eigenvalue weighted by Crippen LogP contribution is -2.34. The van der Waals surface area contributed by atoms with Crippen LogP contribution in [0, 0.1) is 16.0 Å². The highest BCUT2D eigenvalue weighted by atomic mass is 79.9. The molecule has 0 fully saturated rings. The van der Waals surface area contributed by atoms with Crippen LogP contribution in [0.5, 0.6) is 5.75 Å². The summed E-state index contributed by atoms with van der Waals surface area (Å²) in [4.78, 5) is 22.6. The first-order chi connectivity index (χ1) is 13.2. The average molecular weight is 487 g/mol. The van der Waals surface area contributed by atoms with E-state index in [4.69, 9.17) is 28.6 Å². The number of nitrogens with zero attached hydrogens (tertiary/aromatic N) is 1. The second-order valence-corrected chi connectivity index (χ2v) is 7.85. The third-order valence-corrected chi connectivity index (χ3v) is 4.54. The van der Waals surface area contributed by atoms with Crippen molar-refractivity contribution in [3.63, 3.8) is 0 Å². The van der Waals surface area contributed by atoms with E-state index in [0.717, 1.165) is 0 Å². The molecule has 0 aliphatic rings. The van der Waals surface area contributed by atoms with Gasteiger partial charge >= 0.3 is 0 Å². The number of anilines is 1. The number of amides is 1. The highest BCUT2D eigenvalue weighted by Gasteiger charge is 2.14. The first kappa shape index (κ1) is 22.1. The van der Waals surface area contributed by atoms with Gasteiger partial charge in [0.2, 0.25) is 0 Å². The van der Waals surface area contributed by atoms with Gasteiger partial charge in [0.05, 0.1) is 26.7 Å². The second-order valence-electron chi connectivity index (χ2n) is 6.18. The molecule has 0 bridgehead atoms. The summed E-state index contributed by atoms with van der Waals surface area (Å²) in [6.07, 6.45) is 0. The van der Waals surface area contributed by atoms with Crippen molar-refractivity contribution in [2.45, 2.75) is 13.8 Å². The summed E-state index contributed by atoms with van der Waals surface area (Å²) < 4.78 is 6.30. The maximum atomic E-state index is 12.4. The van der Waals surface area contributed by atoms with Crippen LogP contribution in [0.25, 0.3) is 0 Å². The monoisotopic (exact) mass is 485 g/mol. The van der Waals surface area contributed by atoms with Crippen LogP contribution in [-0.4, -0.2) is 22.5 Å². The van der Waals surface area contributed by atoms with Gasteiger partial charge in [0.1, 0.15) is 5.75 Å². The number of ether oxygens (including phenoxy) is 1. The predicted molar refractivity (Wildman–Crippen MR) is 116 cm³/mol. The van der Waals surface area contributed by atoms with Crippen LogP contribution in [0.15, 0.2) is 40.9 Å². The van der Waals surface area contributed by atoms with Crippen LogP contribution in [0.1, 0.15) is 24.2 Å². The molecule has 28 heavy (non-hydrogen) atoms. The zero-order valence-electron chi connectivity index (χ0n) is 15.0. The van der Waals surface area contributed by atoms with Crippen LogP contribution in [-0.2, 0) is 0 Å². The number of hydrogen-bond acceptors (Lipinski definition) is 5. The molecule has 0 aromatic heterocycles. The van der Waals surface area contributed by atoms with Crippen molar-refractivity contribution >= 4 is 62.1 Å². The van der Waals surface area contributed by atoms with E-state index in [9.17, 15) is 14.9 Å². The van der Waals surface area contributed by atoms with E-state index in [1.807, 2.05) is 13.8 Å². The van der Waals surface area contributed by atoms with E-state index in [1.165, 1.54) is 18.2 Å². The van der Waals surface area contributed by atoms with Crippen molar-refractivity contribution in [1.29, 1.82) is 0 Å². The molecule has 0 unspecified atom stereocenters. The highest BCUT2D eigenvalue weighted by molar-refractivity contribution is 9.10. The van der Waals surface area contributed by atoms with Gasteiger partial charge in [-0.2, -0.15) is 0 Å². The summed E-state index contributed by atoms with van der Waals surface area (Å²) >= 11 is 14.5. The maximum Gasteiger partial charge on any atom is 0.271 e. The van der Waals surface area contributed by atoms with Gasteiger partial charge in [0.15, 0.2) is 5.11 Å². The predicted octanol–water partition coefficient (Wildman–Crippen LogP) is 5.17. The first-order valence-electron chi connectivity index (χ1n) is 8.16. The summed E-state index contributed by atoms with van der Waals surface area (Å²) in [5, 5.41) is 16.1. The Labute approximate surface area is 180 Å². The molecule has 0 atom stereocenters. The van der Waals surface area contributed by atoms with Gasteiger partial charge < -0.3 is 10.1 Å². The number of nitrogens with one attached hydrogen (secondary N) is 2. The molecule has 0 aliphatic carbocycles. The first-order valence-corrected chi connectivity index (χ1v) is 9.74. The molecular weight excluding hydrogens is 470 g/mol. The lowest BCUT2D eigenvalue weighted by Gasteiger charge is -2.13. The van der Waals surface area contributed by atoms with E-state index in [-0.39, 0.29) is 15.8 Å². The Morgan fingerprint density at radius 3 is 2.61 bits per heavy atom. The van der Waals surface area contributed by atoms with E-state index >= 15 is 0 Å². The molecule has 1 amide bonds. The van der Waals surface area contributed by atoms with Crippen LogP contribution < -0.4 is 15.4 Å². The number of nitro benzene ring substituents is 1. The van der Waals surface area contributed by atoms with Crippen molar-refractivity contribution < 1.29 is 14.5 Å². The van der Waals surface area contributed by atoms with Crippen molar-refractivity contribution in [3.8, 4) is 5.75 Å². The third-order valence-electron chi connectivity index (χ3n) is 3.40. The number of carbonyl (C=O) groups is 1. The largest absolute Gasteiger partial charge is 0.492 e. The molecule has 7 nitrogen and oxygen atoms in total. The number of rotatable bonds is 6. The van der Waals surface area contributed by atoms with Gasteiger partial charge in [0, 0.05) is 17.7 Å². The minimum atomic E-state index is -0.553. The van der Waals surface area contributed by atoms with Crippen LogP contribution in [0.3, 0.4) is 0 Å². The van der Waals surface area contributed by atoms with Crippen LogP contribution in [0.2, 0.25) is 5.02 Å². The fourth-order valence-electron chi connectivity index (χ4n) is 2.06. The molecule has 2 aromatic carbocycles. The van der Waals surface area contributed by atoms with Crippen molar-refractivity contribution in [3.05, 3.63) is 61.6 Å². The van der Waals surface area contributed by atoms with Crippen molar-refractivity contribution in [2.75, 3.05) is 11.9 Å². The van der Waals surface area contributed by atoms with Gasteiger partial charge in [-0.25, -0.2) is 0 Å². The highest BCUT2D eigenvalue weighted by Crippen LogP contribution is 2.27. The van der Waals surface area contributed by atoms with Gasteiger partial charge in [0.25, 0.3) is 11.6 Å². The Kier molecular flexibility index (Phi) is 7.73. The molecule has 0 heterocycles. The Hall–Kier alpha value is -2.23. The van der Waals surface area contributed by atoms with Gasteiger partial charge in [-0.1, -0.05) is 25.4 Å². The Balaban J connectivity index is 2.01. The van der Waals surface area contributed by atoms with Gasteiger partial charge in [-0.05, 0) is 58.3 Å². The topological polar surface area (TPSA) is 93.5 Å². The quantitative estimate of drug-likeness (QED) is 0.332. The van der Waals surface area contributed by atoms with Gasteiger partial charge in [-0.3, -0.25) is 20.2 Å². The number of nitro groups is 1. The number of benzene rings is 2. The molecular formula is C18H17BrClN3O4S. The summed E-state index contributed by atoms with van der Waals surface area (Å²) in [7, 11) is 0. The number of carbonyl (C=O) groups excluding carboxylic acids is 1. The molecule has 0 spiro atoms. The van der Waals surface area contributed by atoms with E-state index in [0.29, 0.717) is 34.0 Å². The zero-order chi connectivity index (χ0) is 20.8. The summed E-state index contributed by atoms with van der Waals surface area (Å²) in [6.45, 7) is 4.65. The molecule has 0 saturated heterocycles. The number of non-ortho nitro benzene ring substituents is 1. The average Bonchev–Trinajstić information content (AvgIpc) is 2.61. The second kappa shape index (κ2) is 9.81. The normalized spacial score (nSPS) is 10.5. The van der Waals surface area contributed by atoms with Crippen LogP contribution in [0.4, 0.5) is 11.4 Å². The third kappa shape index (κ3) is 6.15. The maximum absolute atomic E-state index is 12.4. The lowest BCUT2D eigenvalue weighted by molar-refractivity contribution is -0.384. The van der Waals surface area contributed by atoms with Crippen molar-refractivity contribution in [1.82, 2.24) is 5.32 Å². The fourth-order valence-corrected chi connectivity index (χ4v) is 2.98. The SMILES string of the molecule is CC(C)COc1ccc(C(=O)NC(=S)Nc2ccc([N+](=O)[O-])cc2Cl)cc1Br. The molecule has 2 N–H and O–H groups in total. The molecule has 0 aliphatic heterocycles. The number of halogens is 2. The standard InChI is InChI=1S/C18H17BrClN3O4S/c1-10(2)9-27-16-6-3-11(7-13(16)19)17(24)22-18(28)21-15-5-4-12(23(25)26)8-14(15)20/h3-8,10H,9H2,1-2H3,(H2,21,22,24,28). The van der Waals surface area contributed by atoms with Crippen LogP contribution >= 0.6 is 39.7 Å². The van der Waals surface area contributed by atoms with Crippen molar-refractivity contribution in [2.24, 2.45) is 5.92 Å². The zero-order valence-corrected chi connectivity index (χ0v) is 18.2. The van der Waals surface area contributed by atoms with Gasteiger partial charge in [-0.15, -0.1) is 0 Å². The number of hydrogen-bond donors (Lipinski definition) is 2. The minimum Gasteiger partial charge on any atom is -0.492 e.